The highest BCUT2D eigenvalue weighted by Crippen LogP contribution is 2.13. The molecule has 2 rings (SSSR count). The van der Waals surface area contributed by atoms with Crippen LogP contribution in [0.25, 0.3) is 0 Å². The predicted molar refractivity (Wildman–Crippen MR) is 76.5 cm³/mol. The Balaban J connectivity index is 2.12. The molecule has 104 valence electrons. The van der Waals surface area contributed by atoms with Crippen LogP contribution in [0.15, 0.2) is 41.2 Å². The van der Waals surface area contributed by atoms with Gasteiger partial charge in [0.05, 0.1) is 6.04 Å². The molecule has 1 aromatic carbocycles. The summed E-state index contributed by atoms with van der Waals surface area (Å²) >= 11 is 0. The maximum Gasteiger partial charge on any atom is 0.272 e. The van der Waals surface area contributed by atoms with Gasteiger partial charge in [0.25, 0.3) is 11.5 Å². The van der Waals surface area contributed by atoms with Crippen LogP contribution in [0.4, 0.5) is 0 Å². The quantitative estimate of drug-likeness (QED) is 0.921. The summed E-state index contributed by atoms with van der Waals surface area (Å²) < 4.78 is 1.14. The topological polar surface area (TPSA) is 64.0 Å². The van der Waals surface area contributed by atoms with E-state index in [1.807, 2.05) is 38.1 Å². The first-order valence-corrected chi connectivity index (χ1v) is 6.39. The smallest absolute Gasteiger partial charge is 0.272 e. The number of aromatic nitrogens is 2. The highest BCUT2D eigenvalue weighted by atomic mass is 16.2. The Morgan fingerprint density at radius 1 is 1.20 bits per heavy atom. The lowest BCUT2D eigenvalue weighted by Gasteiger charge is -2.14. The summed E-state index contributed by atoms with van der Waals surface area (Å²) in [6, 6.07) is 10.6. The van der Waals surface area contributed by atoms with Gasteiger partial charge in [0.2, 0.25) is 0 Å². The number of aryl methyl sites for hydroxylation is 2. The van der Waals surface area contributed by atoms with Crippen molar-refractivity contribution in [3.05, 3.63) is 63.6 Å². The Morgan fingerprint density at radius 2 is 1.85 bits per heavy atom. The van der Waals surface area contributed by atoms with Crippen molar-refractivity contribution in [2.45, 2.75) is 19.9 Å². The van der Waals surface area contributed by atoms with Crippen LogP contribution in [0.3, 0.4) is 0 Å². The first-order valence-electron chi connectivity index (χ1n) is 6.39. The van der Waals surface area contributed by atoms with E-state index in [9.17, 15) is 9.59 Å². The molecule has 1 N–H and O–H groups in total. The fraction of sp³-hybridized carbons (Fsp3) is 0.267. The minimum absolute atomic E-state index is 0.123. The van der Waals surface area contributed by atoms with Gasteiger partial charge in [-0.2, -0.15) is 5.10 Å². The Bertz CT molecular complexity index is 674. The van der Waals surface area contributed by atoms with Gasteiger partial charge in [0.1, 0.15) is 5.69 Å². The second-order valence-electron chi connectivity index (χ2n) is 4.79. The van der Waals surface area contributed by atoms with Crippen LogP contribution in [0.1, 0.15) is 34.6 Å². The van der Waals surface area contributed by atoms with E-state index in [0.29, 0.717) is 0 Å². The number of hydrogen-bond donors (Lipinski definition) is 1. The van der Waals surface area contributed by atoms with Gasteiger partial charge in [-0.1, -0.05) is 29.8 Å². The normalized spacial score (nSPS) is 11.9. The first-order chi connectivity index (χ1) is 9.47. The molecule has 5 heteroatoms. The molecule has 1 amide bonds. The van der Waals surface area contributed by atoms with Crippen molar-refractivity contribution in [1.82, 2.24) is 15.1 Å². The molecule has 1 heterocycles. The van der Waals surface area contributed by atoms with Crippen molar-refractivity contribution >= 4 is 5.91 Å². The van der Waals surface area contributed by atoms with Crippen LogP contribution in [0, 0.1) is 6.92 Å². The lowest BCUT2D eigenvalue weighted by Crippen LogP contribution is -2.30. The number of hydrogen-bond acceptors (Lipinski definition) is 3. The summed E-state index contributed by atoms with van der Waals surface area (Å²) in [7, 11) is 1.52. The fourth-order valence-electron chi connectivity index (χ4n) is 1.83. The van der Waals surface area contributed by atoms with Gasteiger partial charge in [-0.15, -0.1) is 0 Å². The van der Waals surface area contributed by atoms with Crippen LogP contribution in [-0.4, -0.2) is 15.7 Å². The van der Waals surface area contributed by atoms with Gasteiger partial charge >= 0.3 is 0 Å². The van der Waals surface area contributed by atoms with Gasteiger partial charge in [-0.3, -0.25) is 9.59 Å². The second-order valence-corrected chi connectivity index (χ2v) is 4.79. The zero-order chi connectivity index (χ0) is 14.7. The number of carbonyl (C=O) groups is 1. The Hall–Kier alpha value is -2.43. The summed E-state index contributed by atoms with van der Waals surface area (Å²) in [4.78, 5) is 23.3. The van der Waals surface area contributed by atoms with Gasteiger partial charge < -0.3 is 5.32 Å². The molecule has 1 aromatic heterocycles. The highest BCUT2D eigenvalue weighted by molar-refractivity contribution is 5.92. The van der Waals surface area contributed by atoms with Crippen molar-refractivity contribution in [3.63, 3.8) is 0 Å². The third kappa shape index (κ3) is 3.12. The van der Waals surface area contributed by atoms with E-state index in [1.54, 1.807) is 0 Å². The fourth-order valence-corrected chi connectivity index (χ4v) is 1.83. The monoisotopic (exact) mass is 271 g/mol. The largest absolute Gasteiger partial charge is 0.344 e. The third-order valence-electron chi connectivity index (χ3n) is 3.12. The van der Waals surface area contributed by atoms with Crippen LogP contribution in [0.2, 0.25) is 0 Å². The molecule has 0 aliphatic rings. The Kier molecular flexibility index (Phi) is 3.98. The predicted octanol–water partition coefficient (Wildman–Crippen LogP) is 1.58. The Labute approximate surface area is 117 Å². The van der Waals surface area contributed by atoms with E-state index >= 15 is 0 Å². The average Bonchev–Trinajstić information content (AvgIpc) is 2.42. The molecule has 0 aliphatic heterocycles. The van der Waals surface area contributed by atoms with Crippen molar-refractivity contribution in [3.8, 4) is 0 Å². The number of amides is 1. The maximum absolute atomic E-state index is 12.1. The summed E-state index contributed by atoms with van der Waals surface area (Å²) in [6.45, 7) is 3.92. The molecule has 0 saturated heterocycles. The van der Waals surface area contributed by atoms with Crippen LogP contribution in [0.5, 0.6) is 0 Å². The maximum atomic E-state index is 12.1. The van der Waals surface area contributed by atoms with Crippen LogP contribution in [-0.2, 0) is 7.05 Å². The van der Waals surface area contributed by atoms with E-state index in [1.165, 1.54) is 24.7 Å². The van der Waals surface area contributed by atoms with E-state index in [-0.39, 0.29) is 23.2 Å². The van der Waals surface area contributed by atoms with Crippen molar-refractivity contribution in [1.29, 1.82) is 0 Å². The molecule has 1 unspecified atom stereocenters. The standard InChI is InChI=1S/C15H17N3O2/c1-10-4-6-12(7-5-10)11(2)16-15(20)13-8-9-14(19)18(3)17-13/h4-9,11H,1-3H3,(H,16,20). The van der Waals surface area contributed by atoms with Crippen LogP contribution < -0.4 is 10.9 Å². The highest BCUT2D eigenvalue weighted by Gasteiger charge is 2.13. The lowest BCUT2D eigenvalue weighted by molar-refractivity contribution is 0.0932. The van der Waals surface area contributed by atoms with Gasteiger partial charge in [0.15, 0.2) is 0 Å². The molecule has 0 fully saturated rings. The van der Waals surface area contributed by atoms with E-state index in [0.717, 1.165) is 10.2 Å². The lowest BCUT2D eigenvalue weighted by atomic mass is 10.1. The number of nitrogens with zero attached hydrogens (tertiary/aromatic N) is 2. The molecule has 20 heavy (non-hydrogen) atoms. The van der Waals surface area contributed by atoms with Crippen molar-refractivity contribution < 1.29 is 4.79 Å². The number of carbonyl (C=O) groups excluding carboxylic acids is 1. The molecule has 0 bridgehead atoms. The average molecular weight is 271 g/mol. The summed E-state index contributed by atoms with van der Waals surface area (Å²) in [6.07, 6.45) is 0. The zero-order valence-corrected chi connectivity index (χ0v) is 11.8. The molecule has 0 aliphatic carbocycles. The first kappa shape index (κ1) is 14.0. The number of nitrogens with one attached hydrogen (secondary N) is 1. The number of rotatable bonds is 3. The molecule has 2 aromatic rings. The Morgan fingerprint density at radius 3 is 2.45 bits per heavy atom. The second kappa shape index (κ2) is 5.69. The molecule has 1 atom stereocenters. The van der Waals surface area contributed by atoms with Gasteiger partial charge in [-0.25, -0.2) is 4.68 Å². The van der Waals surface area contributed by atoms with Gasteiger partial charge in [0, 0.05) is 13.1 Å². The SMILES string of the molecule is Cc1ccc(C(C)NC(=O)c2ccc(=O)n(C)n2)cc1. The van der Waals surface area contributed by atoms with E-state index in [4.69, 9.17) is 0 Å². The number of benzene rings is 1. The molecule has 0 radical (unpaired) electrons. The van der Waals surface area contributed by atoms with Crippen molar-refractivity contribution in [2.24, 2.45) is 7.05 Å². The molecular formula is C15H17N3O2. The van der Waals surface area contributed by atoms with Crippen molar-refractivity contribution in [2.75, 3.05) is 0 Å². The van der Waals surface area contributed by atoms with Gasteiger partial charge in [-0.05, 0) is 25.5 Å². The van der Waals surface area contributed by atoms with E-state index < -0.39 is 0 Å². The molecule has 0 spiro atoms. The van der Waals surface area contributed by atoms with E-state index in [2.05, 4.69) is 10.4 Å². The molecular weight excluding hydrogens is 254 g/mol. The third-order valence-corrected chi connectivity index (χ3v) is 3.12. The summed E-state index contributed by atoms with van der Waals surface area (Å²) in [5.74, 6) is -0.298. The molecule has 5 nitrogen and oxygen atoms in total. The zero-order valence-electron chi connectivity index (χ0n) is 11.8. The molecule has 0 saturated carbocycles. The van der Waals surface area contributed by atoms with Crippen LogP contribution >= 0.6 is 0 Å². The minimum atomic E-state index is -0.298. The summed E-state index contributed by atoms with van der Waals surface area (Å²) in [5, 5.41) is 6.79. The minimum Gasteiger partial charge on any atom is -0.344 e. The summed E-state index contributed by atoms with van der Waals surface area (Å²) in [5.41, 5.74) is 2.18.